The van der Waals surface area contributed by atoms with Gasteiger partial charge >= 0.3 is 5.97 Å². The van der Waals surface area contributed by atoms with E-state index in [1.54, 1.807) is 12.4 Å². The van der Waals surface area contributed by atoms with Crippen molar-refractivity contribution in [2.75, 3.05) is 5.32 Å². The number of fused-ring (bicyclic) bond motifs is 1. The Morgan fingerprint density at radius 2 is 2.20 bits per heavy atom. The van der Waals surface area contributed by atoms with Crippen LogP contribution >= 0.6 is 0 Å². The van der Waals surface area contributed by atoms with Crippen LogP contribution in [0.3, 0.4) is 0 Å². The molecule has 2 aromatic rings. The molecule has 20 heavy (non-hydrogen) atoms. The van der Waals surface area contributed by atoms with Crippen molar-refractivity contribution in [1.82, 2.24) is 19.6 Å². The molecule has 0 aromatic carbocycles. The van der Waals surface area contributed by atoms with Gasteiger partial charge in [0, 0.05) is 17.9 Å². The summed E-state index contributed by atoms with van der Waals surface area (Å²) in [6.07, 6.45) is 7.33. The van der Waals surface area contributed by atoms with Crippen LogP contribution in [0.1, 0.15) is 37.9 Å². The molecule has 0 amide bonds. The van der Waals surface area contributed by atoms with E-state index in [2.05, 4.69) is 20.5 Å². The summed E-state index contributed by atoms with van der Waals surface area (Å²) >= 11 is 0. The van der Waals surface area contributed by atoms with E-state index in [1.807, 2.05) is 11.3 Å². The lowest BCUT2D eigenvalue weighted by molar-refractivity contribution is -0.138. The highest BCUT2D eigenvalue weighted by Gasteiger charge is 2.37. The first kappa shape index (κ1) is 12.8. The average molecular weight is 275 g/mol. The van der Waals surface area contributed by atoms with Gasteiger partial charge in [0.1, 0.15) is 5.82 Å². The van der Waals surface area contributed by atoms with Gasteiger partial charge in [0.2, 0.25) is 5.65 Å². The number of aromatic nitrogens is 4. The second-order valence-electron chi connectivity index (χ2n) is 5.40. The fourth-order valence-electron chi connectivity index (χ4n) is 2.97. The van der Waals surface area contributed by atoms with Crippen LogP contribution in [0.4, 0.5) is 5.82 Å². The standard InChI is InChI=1S/C13H17N5O2/c1-9-16-17-12-11(14-6-7-18(9)12)15-13(8-10(19)20)4-2-3-5-13/h6-7H,2-5,8H2,1H3,(H,14,15)(H,19,20). The van der Waals surface area contributed by atoms with Gasteiger partial charge < -0.3 is 10.4 Å². The lowest BCUT2D eigenvalue weighted by atomic mass is 9.93. The van der Waals surface area contributed by atoms with E-state index in [1.165, 1.54) is 0 Å². The minimum atomic E-state index is -0.788. The number of carbonyl (C=O) groups is 1. The molecule has 2 N–H and O–H groups in total. The predicted molar refractivity (Wildman–Crippen MR) is 72.6 cm³/mol. The maximum atomic E-state index is 11.1. The van der Waals surface area contributed by atoms with Crippen LogP contribution in [0.2, 0.25) is 0 Å². The molecule has 1 aliphatic rings. The molecular weight excluding hydrogens is 258 g/mol. The van der Waals surface area contributed by atoms with E-state index in [4.69, 9.17) is 5.11 Å². The van der Waals surface area contributed by atoms with Crippen molar-refractivity contribution in [3.63, 3.8) is 0 Å². The Hall–Kier alpha value is -2.18. The highest BCUT2D eigenvalue weighted by atomic mass is 16.4. The normalized spacial score (nSPS) is 17.4. The summed E-state index contributed by atoms with van der Waals surface area (Å²) in [7, 11) is 0. The van der Waals surface area contributed by atoms with Gasteiger partial charge in [-0.15, -0.1) is 10.2 Å². The van der Waals surface area contributed by atoms with Crippen molar-refractivity contribution in [2.24, 2.45) is 0 Å². The van der Waals surface area contributed by atoms with E-state index in [0.717, 1.165) is 31.5 Å². The Kier molecular flexibility index (Phi) is 3.04. The summed E-state index contributed by atoms with van der Waals surface area (Å²) < 4.78 is 1.85. The van der Waals surface area contributed by atoms with Crippen LogP contribution in [-0.2, 0) is 4.79 Å². The largest absolute Gasteiger partial charge is 0.481 e. The van der Waals surface area contributed by atoms with Gasteiger partial charge in [-0.05, 0) is 19.8 Å². The van der Waals surface area contributed by atoms with Gasteiger partial charge in [0.15, 0.2) is 5.82 Å². The van der Waals surface area contributed by atoms with Crippen molar-refractivity contribution in [1.29, 1.82) is 0 Å². The van der Waals surface area contributed by atoms with Crippen LogP contribution in [0, 0.1) is 6.92 Å². The summed E-state index contributed by atoms with van der Waals surface area (Å²) in [6.45, 7) is 1.87. The lowest BCUT2D eigenvalue weighted by Gasteiger charge is -2.29. The fourth-order valence-corrected chi connectivity index (χ4v) is 2.97. The number of carboxylic acid groups (broad SMARTS) is 1. The molecule has 7 heteroatoms. The Morgan fingerprint density at radius 1 is 1.45 bits per heavy atom. The average Bonchev–Trinajstić information content (AvgIpc) is 2.98. The Labute approximate surface area is 116 Å². The molecule has 0 bridgehead atoms. The molecule has 0 spiro atoms. The molecule has 0 unspecified atom stereocenters. The Bertz CT molecular complexity index is 645. The zero-order valence-electron chi connectivity index (χ0n) is 11.3. The molecular formula is C13H17N5O2. The summed E-state index contributed by atoms with van der Waals surface area (Å²) in [6, 6.07) is 0. The predicted octanol–water partition coefficient (Wildman–Crippen LogP) is 1.63. The zero-order chi connectivity index (χ0) is 14.2. The summed E-state index contributed by atoms with van der Waals surface area (Å²) in [5.41, 5.74) is 0.224. The van der Waals surface area contributed by atoms with Crippen LogP contribution < -0.4 is 5.32 Å². The molecule has 7 nitrogen and oxygen atoms in total. The lowest BCUT2D eigenvalue weighted by Crippen LogP contribution is -2.38. The van der Waals surface area contributed by atoms with Crippen molar-refractivity contribution < 1.29 is 9.90 Å². The maximum absolute atomic E-state index is 11.1. The quantitative estimate of drug-likeness (QED) is 0.881. The fraction of sp³-hybridized carbons (Fsp3) is 0.538. The van der Waals surface area contributed by atoms with E-state index < -0.39 is 11.5 Å². The summed E-state index contributed by atoms with van der Waals surface area (Å²) in [4.78, 5) is 15.4. The number of hydrogen-bond donors (Lipinski definition) is 2. The van der Waals surface area contributed by atoms with Gasteiger partial charge in [-0.2, -0.15) is 0 Å². The first-order valence-electron chi connectivity index (χ1n) is 6.76. The van der Waals surface area contributed by atoms with Crippen molar-refractivity contribution in [2.45, 2.75) is 44.6 Å². The highest BCUT2D eigenvalue weighted by molar-refractivity contribution is 5.71. The molecule has 1 saturated carbocycles. The highest BCUT2D eigenvalue weighted by Crippen LogP contribution is 2.36. The molecule has 3 rings (SSSR count). The van der Waals surface area contributed by atoms with E-state index >= 15 is 0 Å². The molecule has 0 aliphatic heterocycles. The van der Waals surface area contributed by atoms with Crippen molar-refractivity contribution in [3.8, 4) is 0 Å². The number of aryl methyl sites for hydroxylation is 1. The number of anilines is 1. The monoisotopic (exact) mass is 275 g/mol. The van der Waals surface area contributed by atoms with Crippen molar-refractivity contribution in [3.05, 3.63) is 18.2 Å². The van der Waals surface area contributed by atoms with E-state index in [-0.39, 0.29) is 6.42 Å². The third-order valence-electron chi connectivity index (χ3n) is 3.93. The molecule has 0 atom stereocenters. The van der Waals surface area contributed by atoms with Crippen LogP contribution in [0.15, 0.2) is 12.4 Å². The molecule has 2 heterocycles. The van der Waals surface area contributed by atoms with Crippen LogP contribution in [0.5, 0.6) is 0 Å². The SMILES string of the molecule is Cc1nnc2c(NC3(CC(=O)O)CCCC3)nccn12. The van der Waals surface area contributed by atoms with E-state index in [0.29, 0.717) is 11.5 Å². The Balaban J connectivity index is 1.96. The zero-order valence-corrected chi connectivity index (χ0v) is 11.3. The van der Waals surface area contributed by atoms with Gasteiger partial charge in [-0.25, -0.2) is 4.98 Å². The van der Waals surface area contributed by atoms with Crippen molar-refractivity contribution >= 4 is 17.4 Å². The number of aliphatic carboxylic acids is 1. The van der Waals surface area contributed by atoms with Crippen LogP contribution in [-0.4, -0.2) is 36.2 Å². The topological polar surface area (TPSA) is 92.4 Å². The van der Waals surface area contributed by atoms with Crippen LogP contribution in [0.25, 0.3) is 5.65 Å². The third-order valence-corrected chi connectivity index (χ3v) is 3.93. The molecule has 1 fully saturated rings. The minimum absolute atomic E-state index is 0.100. The molecule has 106 valence electrons. The summed E-state index contributed by atoms with van der Waals surface area (Å²) in [5, 5.41) is 20.6. The second-order valence-corrected chi connectivity index (χ2v) is 5.40. The second kappa shape index (κ2) is 4.73. The third kappa shape index (κ3) is 2.19. The number of nitrogens with zero attached hydrogens (tertiary/aromatic N) is 4. The van der Waals surface area contributed by atoms with Gasteiger partial charge in [-0.3, -0.25) is 9.20 Å². The molecule has 0 radical (unpaired) electrons. The minimum Gasteiger partial charge on any atom is -0.481 e. The molecule has 1 aliphatic carbocycles. The number of nitrogens with one attached hydrogen (secondary N) is 1. The maximum Gasteiger partial charge on any atom is 0.305 e. The number of carboxylic acids is 1. The number of rotatable bonds is 4. The number of hydrogen-bond acceptors (Lipinski definition) is 5. The Morgan fingerprint density at radius 3 is 2.90 bits per heavy atom. The first-order chi connectivity index (χ1) is 9.60. The summed E-state index contributed by atoms with van der Waals surface area (Å²) in [5.74, 6) is 0.601. The smallest absolute Gasteiger partial charge is 0.305 e. The molecule has 0 saturated heterocycles. The van der Waals surface area contributed by atoms with Gasteiger partial charge in [0.25, 0.3) is 0 Å². The van der Waals surface area contributed by atoms with E-state index in [9.17, 15) is 4.79 Å². The van der Waals surface area contributed by atoms with Gasteiger partial charge in [-0.1, -0.05) is 12.8 Å². The van der Waals surface area contributed by atoms with Gasteiger partial charge in [0.05, 0.1) is 6.42 Å². The first-order valence-corrected chi connectivity index (χ1v) is 6.76. The molecule has 2 aromatic heterocycles.